The van der Waals surface area contributed by atoms with E-state index in [4.69, 9.17) is 23.1 Å². The van der Waals surface area contributed by atoms with Crippen LogP contribution in [0.2, 0.25) is 5.02 Å². The summed E-state index contributed by atoms with van der Waals surface area (Å²) in [5.74, 6) is -1.14. The second kappa shape index (κ2) is 5.20. The van der Waals surface area contributed by atoms with E-state index in [-0.39, 0.29) is 18.0 Å². The summed E-state index contributed by atoms with van der Waals surface area (Å²) in [6, 6.07) is 0.450. The maximum absolute atomic E-state index is 13.6. The van der Waals surface area contributed by atoms with Crippen LogP contribution >= 0.6 is 11.6 Å². The molecule has 0 radical (unpaired) electrons. The van der Waals surface area contributed by atoms with Gasteiger partial charge in [0.15, 0.2) is 0 Å². The number of hydrogen-bond acceptors (Lipinski definition) is 2. The van der Waals surface area contributed by atoms with E-state index in [2.05, 4.69) is 0 Å². The van der Waals surface area contributed by atoms with Crippen molar-refractivity contribution in [1.82, 2.24) is 0 Å². The number of benzene rings is 1. The molecule has 7 heteroatoms. The van der Waals surface area contributed by atoms with E-state index in [0.29, 0.717) is 0 Å². The lowest BCUT2D eigenvalue weighted by molar-refractivity contribution is -0.138. The van der Waals surface area contributed by atoms with Crippen LogP contribution in [-0.2, 0) is 6.18 Å². The van der Waals surface area contributed by atoms with Crippen LogP contribution in [0.3, 0.4) is 0 Å². The molecule has 1 rings (SSSR count). The predicted molar refractivity (Wildman–Crippen MR) is 57.0 cm³/mol. The van der Waals surface area contributed by atoms with Crippen LogP contribution in [0.1, 0.15) is 23.6 Å². The third-order valence-corrected chi connectivity index (χ3v) is 2.58. The lowest BCUT2D eigenvalue weighted by Gasteiger charge is -2.19. The lowest BCUT2D eigenvalue weighted by Crippen LogP contribution is -2.22. The number of nitrogens with two attached hydrogens (primary N) is 2. The third kappa shape index (κ3) is 3.08. The van der Waals surface area contributed by atoms with E-state index < -0.39 is 29.2 Å². The van der Waals surface area contributed by atoms with Gasteiger partial charge in [-0.25, -0.2) is 4.39 Å². The number of rotatable bonds is 3. The average molecular weight is 271 g/mol. The molecule has 0 spiro atoms. The molecule has 1 aromatic carbocycles. The van der Waals surface area contributed by atoms with Crippen LogP contribution in [0, 0.1) is 5.82 Å². The molecule has 0 aliphatic carbocycles. The van der Waals surface area contributed by atoms with Crippen LogP contribution < -0.4 is 11.5 Å². The first-order valence-corrected chi connectivity index (χ1v) is 5.17. The molecule has 0 fully saturated rings. The van der Waals surface area contributed by atoms with Crippen molar-refractivity contribution in [2.24, 2.45) is 11.5 Å². The van der Waals surface area contributed by atoms with Crippen molar-refractivity contribution in [3.8, 4) is 0 Å². The maximum Gasteiger partial charge on any atom is 0.416 e. The van der Waals surface area contributed by atoms with Gasteiger partial charge in [0, 0.05) is 11.6 Å². The van der Waals surface area contributed by atoms with Crippen molar-refractivity contribution < 1.29 is 17.6 Å². The van der Waals surface area contributed by atoms with Gasteiger partial charge >= 0.3 is 6.18 Å². The Hall–Kier alpha value is -0.850. The molecule has 1 atom stereocenters. The van der Waals surface area contributed by atoms with Gasteiger partial charge in [0.25, 0.3) is 0 Å². The van der Waals surface area contributed by atoms with Gasteiger partial charge in [0.05, 0.1) is 10.6 Å². The summed E-state index contributed by atoms with van der Waals surface area (Å²) in [5.41, 5.74) is 8.95. The number of halogens is 5. The van der Waals surface area contributed by atoms with Crippen molar-refractivity contribution in [2.45, 2.75) is 18.6 Å². The molecule has 0 aromatic heterocycles. The standard InChI is InChI=1S/C10H11ClF4N2/c11-6-2-1-5(10(13,14)15)8(9(6)12)7(17)3-4-16/h1-2,7H,3-4,16-17H2/t7-/m0/s1. The highest BCUT2D eigenvalue weighted by Gasteiger charge is 2.36. The minimum atomic E-state index is -4.67. The highest BCUT2D eigenvalue weighted by Crippen LogP contribution is 2.38. The minimum absolute atomic E-state index is 0.0420. The first-order valence-electron chi connectivity index (χ1n) is 4.79. The lowest BCUT2D eigenvalue weighted by atomic mass is 9.97. The molecule has 0 bridgehead atoms. The Morgan fingerprint density at radius 1 is 1.29 bits per heavy atom. The average Bonchev–Trinajstić information content (AvgIpc) is 2.20. The Morgan fingerprint density at radius 3 is 2.35 bits per heavy atom. The Balaban J connectivity index is 3.36. The van der Waals surface area contributed by atoms with Crippen molar-refractivity contribution in [1.29, 1.82) is 0 Å². The third-order valence-electron chi connectivity index (χ3n) is 2.29. The summed E-state index contributed by atoms with van der Waals surface area (Å²) < 4.78 is 51.6. The van der Waals surface area contributed by atoms with E-state index in [1.165, 1.54) is 0 Å². The zero-order chi connectivity index (χ0) is 13.2. The Kier molecular flexibility index (Phi) is 4.35. The van der Waals surface area contributed by atoms with Crippen LogP contribution in [0.5, 0.6) is 0 Å². The molecule has 96 valence electrons. The quantitative estimate of drug-likeness (QED) is 0.830. The monoisotopic (exact) mass is 270 g/mol. The molecule has 0 aliphatic rings. The van der Waals surface area contributed by atoms with Crippen LogP contribution in [0.4, 0.5) is 17.6 Å². The number of hydrogen-bond donors (Lipinski definition) is 2. The van der Waals surface area contributed by atoms with Gasteiger partial charge in [-0.15, -0.1) is 0 Å². The molecule has 0 saturated carbocycles. The smallest absolute Gasteiger partial charge is 0.330 e. The summed E-state index contributed by atoms with van der Waals surface area (Å²) in [5, 5.41) is -0.388. The molecule has 0 unspecified atom stereocenters. The fourth-order valence-electron chi connectivity index (χ4n) is 1.50. The van der Waals surface area contributed by atoms with Gasteiger partial charge in [-0.2, -0.15) is 13.2 Å². The van der Waals surface area contributed by atoms with Crippen molar-refractivity contribution in [3.05, 3.63) is 34.1 Å². The second-order valence-corrected chi connectivity index (χ2v) is 3.91. The van der Waals surface area contributed by atoms with Gasteiger partial charge in [-0.05, 0) is 25.1 Å². The SMILES string of the molecule is NCC[C@H](N)c1c(C(F)(F)F)ccc(Cl)c1F. The van der Waals surface area contributed by atoms with Crippen LogP contribution in [0.15, 0.2) is 12.1 Å². The Bertz CT molecular complexity index is 406. The van der Waals surface area contributed by atoms with Gasteiger partial charge in [0.2, 0.25) is 0 Å². The minimum Gasteiger partial charge on any atom is -0.330 e. The zero-order valence-electron chi connectivity index (χ0n) is 8.69. The first kappa shape index (κ1) is 14.2. The summed E-state index contributed by atoms with van der Waals surface area (Å²) >= 11 is 5.45. The normalized spacial score (nSPS) is 13.8. The summed E-state index contributed by atoms with van der Waals surface area (Å²) in [6.45, 7) is 0.0599. The maximum atomic E-state index is 13.6. The van der Waals surface area contributed by atoms with Gasteiger partial charge < -0.3 is 11.5 Å². The number of alkyl halides is 3. The molecule has 0 heterocycles. The van der Waals surface area contributed by atoms with E-state index in [1.54, 1.807) is 0 Å². The van der Waals surface area contributed by atoms with Gasteiger partial charge in [-0.1, -0.05) is 11.6 Å². The van der Waals surface area contributed by atoms with Crippen molar-refractivity contribution >= 4 is 11.6 Å². The molecular weight excluding hydrogens is 260 g/mol. The Labute approximate surface area is 101 Å². The topological polar surface area (TPSA) is 52.0 Å². The molecule has 2 nitrogen and oxygen atoms in total. The van der Waals surface area contributed by atoms with Crippen LogP contribution in [0.25, 0.3) is 0 Å². The highest BCUT2D eigenvalue weighted by molar-refractivity contribution is 6.30. The molecule has 0 aliphatic heterocycles. The van der Waals surface area contributed by atoms with Gasteiger partial charge in [0.1, 0.15) is 5.82 Å². The molecule has 17 heavy (non-hydrogen) atoms. The van der Waals surface area contributed by atoms with E-state index in [9.17, 15) is 17.6 Å². The zero-order valence-corrected chi connectivity index (χ0v) is 9.45. The summed E-state index contributed by atoms with van der Waals surface area (Å²) in [4.78, 5) is 0. The second-order valence-electron chi connectivity index (χ2n) is 3.50. The van der Waals surface area contributed by atoms with Crippen LogP contribution in [-0.4, -0.2) is 6.54 Å². The predicted octanol–water partition coefficient (Wildman–Crippen LogP) is 2.85. The summed E-state index contributed by atoms with van der Waals surface area (Å²) in [6.07, 6.45) is -4.63. The fourth-order valence-corrected chi connectivity index (χ4v) is 1.66. The van der Waals surface area contributed by atoms with Crippen molar-refractivity contribution in [2.75, 3.05) is 6.54 Å². The largest absolute Gasteiger partial charge is 0.416 e. The van der Waals surface area contributed by atoms with Gasteiger partial charge in [-0.3, -0.25) is 0 Å². The van der Waals surface area contributed by atoms with E-state index in [1.807, 2.05) is 0 Å². The highest BCUT2D eigenvalue weighted by atomic mass is 35.5. The van der Waals surface area contributed by atoms with Crippen molar-refractivity contribution in [3.63, 3.8) is 0 Å². The van der Waals surface area contributed by atoms with E-state index >= 15 is 0 Å². The fraction of sp³-hybridized carbons (Fsp3) is 0.400. The first-order chi connectivity index (χ1) is 7.79. The molecule has 1 aromatic rings. The molecule has 4 N–H and O–H groups in total. The molecule has 0 saturated heterocycles. The Morgan fingerprint density at radius 2 is 1.88 bits per heavy atom. The molecular formula is C10H11ClF4N2. The summed E-state index contributed by atoms with van der Waals surface area (Å²) in [7, 11) is 0. The molecule has 0 amide bonds. The van der Waals surface area contributed by atoms with E-state index in [0.717, 1.165) is 12.1 Å².